The zero-order valence-corrected chi connectivity index (χ0v) is 16.8. The van der Waals surface area contributed by atoms with Gasteiger partial charge in [-0.15, -0.1) is 0 Å². The average Bonchev–Trinajstić information content (AvgIpc) is 2.73. The molecular formula is C22H23FN2O5. The molecule has 2 aromatic carbocycles. The first kappa shape index (κ1) is 21.4. The Morgan fingerprint density at radius 2 is 2.07 bits per heavy atom. The van der Waals surface area contributed by atoms with Crippen molar-refractivity contribution in [1.82, 2.24) is 10.2 Å². The highest BCUT2D eigenvalue weighted by molar-refractivity contribution is 6.00. The molecule has 1 atom stereocenters. The minimum absolute atomic E-state index is 0.0551. The molecule has 1 aliphatic heterocycles. The second-order valence-electron chi connectivity index (χ2n) is 7.07. The number of methoxy groups -OCH3 is 1. The zero-order valence-electron chi connectivity index (χ0n) is 16.8. The maximum absolute atomic E-state index is 14.1. The molecule has 2 amide bonds. The quantitative estimate of drug-likeness (QED) is 0.528. The number of nitrogens with zero attached hydrogens (tertiary/aromatic N) is 1. The third-order valence-electron chi connectivity index (χ3n) is 5.08. The van der Waals surface area contributed by atoms with Gasteiger partial charge in [0.15, 0.2) is 6.29 Å². The van der Waals surface area contributed by atoms with E-state index in [-0.39, 0.29) is 31.4 Å². The largest absolute Gasteiger partial charge is 0.497 e. The molecular weight excluding hydrogens is 391 g/mol. The first-order chi connectivity index (χ1) is 14.4. The zero-order chi connectivity index (χ0) is 21.7. The van der Waals surface area contributed by atoms with Crippen LogP contribution in [0.3, 0.4) is 0 Å². The summed E-state index contributed by atoms with van der Waals surface area (Å²) in [6.07, 6.45) is 1.37. The van der Waals surface area contributed by atoms with Crippen LogP contribution in [0.25, 0.3) is 0 Å². The number of hydrogen-bond donors (Lipinski definition) is 1. The summed E-state index contributed by atoms with van der Waals surface area (Å²) in [5.41, 5.74) is 1.32. The van der Waals surface area contributed by atoms with Crippen molar-refractivity contribution in [3.63, 3.8) is 0 Å². The van der Waals surface area contributed by atoms with E-state index in [0.29, 0.717) is 40.9 Å². The van der Waals surface area contributed by atoms with Crippen molar-refractivity contribution >= 4 is 18.1 Å². The number of halogens is 1. The van der Waals surface area contributed by atoms with Crippen LogP contribution in [-0.4, -0.2) is 43.2 Å². The van der Waals surface area contributed by atoms with Crippen LogP contribution in [0, 0.1) is 5.82 Å². The van der Waals surface area contributed by atoms with Gasteiger partial charge in [0, 0.05) is 29.7 Å². The topological polar surface area (TPSA) is 84.9 Å². The number of aldehydes is 1. The highest BCUT2D eigenvalue weighted by Crippen LogP contribution is 2.27. The Balaban J connectivity index is 1.80. The van der Waals surface area contributed by atoms with Gasteiger partial charge in [0.2, 0.25) is 11.8 Å². The fourth-order valence-electron chi connectivity index (χ4n) is 3.40. The summed E-state index contributed by atoms with van der Waals surface area (Å²) in [6.45, 7) is 0.192. The number of piperidine rings is 1. The molecule has 2 aromatic rings. The van der Waals surface area contributed by atoms with Crippen molar-refractivity contribution in [1.29, 1.82) is 0 Å². The number of carbonyl (C=O) groups excluding carboxylic acids is 3. The van der Waals surface area contributed by atoms with Crippen LogP contribution in [0.5, 0.6) is 11.5 Å². The Morgan fingerprint density at radius 1 is 1.27 bits per heavy atom. The monoisotopic (exact) mass is 414 g/mol. The highest BCUT2D eigenvalue weighted by atomic mass is 19.1. The van der Waals surface area contributed by atoms with Crippen molar-refractivity contribution in [2.75, 3.05) is 14.2 Å². The predicted octanol–water partition coefficient (Wildman–Crippen LogP) is 2.46. The molecule has 1 aliphatic rings. The Labute approximate surface area is 173 Å². The fraction of sp³-hybridized carbons (Fsp3) is 0.318. The maximum atomic E-state index is 14.1. The molecule has 1 heterocycles. The Morgan fingerprint density at radius 3 is 2.77 bits per heavy atom. The molecule has 3 rings (SSSR count). The predicted molar refractivity (Wildman–Crippen MR) is 107 cm³/mol. The smallest absolute Gasteiger partial charge is 0.243 e. The molecule has 1 fully saturated rings. The Bertz CT molecular complexity index is 963. The number of carbonyl (C=O) groups is 3. The lowest BCUT2D eigenvalue weighted by molar-refractivity contribution is -0.137. The first-order valence-corrected chi connectivity index (χ1v) is 9.49. The molecule has 0 bridgehead atoms. The molecule has 0 aliphatic carbocycles. The Hall–Kier alpha value is -3.26. The standard InChI is InChI=1S/C22H23FN2O5/c1-25(19-8-9-21(27)24-22(19)28)11-17-14(12-26)4-3-5-20(17)30-13-15-10-16(29-2)6-7-18(15)23/h3-7,10,12,19H,8-9,11,13H2,1-2H3,(H,24,27,28). The van der Waals surface area contributed by atoms with Gasteiger partial charge in [0.05, 0.1) is 13.2 Å². The summed E-state index contributed by atoms with van der Waals surface area (Å²) < 4.78 is 25.1. The molecule has 0 aromatic heterocycles. The summed E-state index contributed by atoms with van der Waals surface area (Å²) in [6, 6.07) is 8.90. The number of ether oxygens (including phenoxy) is 2. The summed E-state index contributed by atoms with van der Waals surface area (Å²) in [5, 5.41) is 2.33. The van der Waals surface area contributed by atoms with E-state index < -0.39 is 11.9 Å². The lowest BCUT2D eigenvalue weighted by Gasteiger charge is -2.30. The van der Waals surface area contributed by atoms with E-state index in [9.17, 15) is 18.8 Å². The number of nitrogens with one attached hydrogen (secondary N) is 1. The SMILES string of the molecule is COc1ccc(F)c(COc2cccc(C=O)c2CN(C)C2CCC(=O)NC2=O)c1. The van der Waals surface area contributed by atoms with E-state index in [1.54, 1.807) is 36.2 Å². The van der Waals surface area contributed by atoms with Crippen LogP contribution in [-0.2, 0) is 22.7 Å². The van der Waals surface area contributed by atoms with Crippen LogP contribution in [0.2, 0.25) is 0 Å². The van der Waals surface area contributed by atoms with Crippen LogP contribution >= 0.6 is 0 Å². The van der Waals surface area contributed by atoms with Gasteiger partial charge < -0.3 is 9.47 Å². The number of hydrogen-bond acceptors (Lipinski definition) is 6. The van der Waals surface area contributed by atoms with Crippen molar-refractivity contribution in [3.05, 3.63) is 58.9 Å². The second kappa shape index (κ2) is 9.49. The Kier molecular flexibility index (Phi) is 6.79. The first-order valence-electron chi connectivity index (χ1n) is 9.49. The van der Waals surface area contributed by atoms with Gasteiger partial charge in [-0.3, -0.25) is 24.6 Å². The van der Waals surface area contributed by atoms with E-state index >= 15 is 0 Å². The van der Waals surface area contributed by atoms with Crippen molar-refractivity contribution < 1.29 is 28.2 Å². The number of amides is 2. The third-order valence-corrected chi connectivity index (χ3v) is 5.08. The van der Waals surface area contributed by atoms with Crippen LogP contribution < -0.4 is 14.8 Å². The number of benzene rings is 2. The van der Waals surface area contributed by atoms with Gasteiger partial charge >= 0.3 is 0 Å². The van der Waals surface area contributed by atoms with Crippen LogP contribution in [0.15, 0.2) is 36.4 Å². The summed E-state index contributed by atoms with van der Waals surface area (Å²) in [4.78, 5) is 36.9. The molecule has 7 nitrogen and oxygen atoms in total. The molecule has 0 spiro atoms. The number of imide groups is 1. The fourth-order valence-corrected chi connectivity index (χ4v) is 3.40. The average molecular weight is 414 g/mol. The molecule has 1 saturated heterocycles. The van der Waals surface area contributed by atoms with Gasteiger partial charge in [0.25, 0.3) is 0 Å². The van der Waals surface area contributed by atoms with Gasteiger partial charge in [-0.25, -0.2) is 4.39 Å². The summed E-state index contributed by atoms with van der Waals surface area (Å²) in [7, 11) is 3.24. The number of likely N-dealkylation sites (N-methyl/N-ethyl adjacent to an activating group) is 1. The molecule has 30 heavy (non-hydrogen) atoms. The van der Waals surface area contributed by atoms with E-state index in [1.807, 2.05) is 0 Å². The molecule has 0 saturated carbocycles. The van der Waals surface area contributed by atoms with Gasteiger partial charge in [-0.2, -0.15) is 0 Å². The van der Waals surface area contributed by atoms with E-state index in [1.165, 1.54) is 19.2 Å². The second-order valence-corrected chi connectivity index (χ2v) is 7.07. The normalized spacial score (nSPS) is 16.3. The summed E-state index contributed by atoms with van der Waals surface area (Å²) >= 11 is 0. The van der Waals surface area contributed by atoms with Crippen LogP contribution in [0.4, 0.5) is 4.39 Å². The lowest BCUT2D eigenvalue weighted by atomic mass is 10.0. The van der Waals surface area contributed by atoms with E-state index in [2.05, 4.69) is 5.32 Å². The summed E-state index contributed by atoms with van der Waals surface area (Å²) in [5.74, 6) is -0.152. The van der Waals surface area contributed by atoms with Crippen LogP contribution in [0.1, 0.15) is 34.3 Å². The molecule has 158 valence electrons. The van der Waals surface area contributed by atoms with Crippen molar-refractivity contribution in [2.45, 2.75) is 32.0 Å². The van der Waals surface area contributed by atoms with Gasteiger partial charge in [-0.1, -0.05) is 12.1 Å². The van der Waals surface area contributed by atoms with Crippen molar-refractivity contribution in [3.8, 4) is 11.5 Å². The van der Waals surface area contributed by atoms with E-state index in [0.717, 1.165) is 0 Å². The molecule has 1 unspecified atom stereocenters. The van der Waals surface area contributed by atoms with Gasteiger partial charge in [-0.05, 0) is 37.7 Å². The highest BCUT2D eigenvalue weighted by Gasteiger charge is 2.30. The molecule has 1 N–H and O–H groups in total. The minimum Gasteiger partial charge on any atom is -0.497 e. The molecule has 0 radical (unpaired) electrons. The third kappa shape index (κ3) is 4.83. The number of rotatable bonds is 8. The van der Waals surface area contributed by atoms with Gasteiger partial charge in [0.1, 0.15) is 23.9 Å². The van der Waals surface area contributed by atoms with Crippen molar-refractivity contribution in [2.24, 2.45) is 0 Å². The lowest BCUT2D eigenvalue weighted by Crippen LogP contribution is -2.51. The minimum atomic E-state index is -0.494. The van der Waals surface area contributed by atoms with E-state index in [4.69, 9.17) is 9.47 Å². The molecule has 8 heteroatoms. The maximum Gasteiger partial charge on any atom is 0.243 e.